The Bertz CT molecular complexity index is 1040. The average molecular weight is 470 g/mol. The van der Waals surface area contributed by atoms with Crippen LogP contribution >= 0.6 is 22.7 Å². The summed E-state index contributed by atoms with van der Waals surface area (Å²) in [4.78, 5) is 23.0. The first kappa shape index (κ1) is 21.8. The predicted octanol–water partition coefficient (Wildman–Crippen LogP) is 3.61. The van der Waals surface area contributed by atoms with Gasteiger partial charge in [0.05, 0.1) is 16.3 Å². The number of carbonyl (C=O) groups excluding carboxylic acids is 1. The summed E-state index contributed by atoms with van der Waals surface area (Å²) in [5.41, 5.74) is 8.59. The van der Waals surface area contributed by atoms with E-state index in [1.807, 2.05) is 22.4 Å². The first-order chi connectivity index (χ1) is 15.7. The summed E-state index contributed by atoms with van der Waals surface area (Å²) in [6.07, 6.45) is 5.94. The molecule has 0 unspecified atom stereocenters. The molecule has 2 aliphatic rings. The average Bonchev–Trinajstić information content (AvgIpc) is 3.59. The smallest absolute Gasteiger partial charge is 0.239 e. The Kier molecular flexibility index (Phi) is 6.73. The molecule has 2 aromatic heterocycles. The van der Waals surface area contributed by atoms with E-state index in [-0.39, 0.29) is 5.91 Å². The molecule has 1 aromatic carbocycles. The van der Waals surface area contributed by atoms with Gasteiger partial charge in [-0.05, 0) is 42.0 Å². The highest BCUT2D eigenvalue weighted by Crippen LogP contribution is 2.30. The maximum Gasteiger partial charge on any atom is 0.239 e. The van der Waals surface area contributed by atoms with Gasteiger partial charge in [-0.1, -0.05) is 36.3 Å². The van der Waals surface area contributed by atoms with Crippen molar-refractivity contribution in [2.75, 3.05) is 31.1 Å². The zero-order valence-electron chi connectivity index (χ0n) is 18.3. The van der Waals surface area contributed by atoms with Gasteiger partial charge in [-0.15, -0.1) is 11.3 Å². The fourth-order valence-corrected chi connectivity index (χ4v) is 6.53. The highest BCUT2D eigenvalue weighted by atomic mass is 32.1. The topological polar surface area (TPSA) is 74.5 Å². The van der Waals surface area contributed by atoms with Gasteiger partial charge in [0, 0.05) is 50.1 Å². The summed E-state index contributed by atoms with van der Waals surface area (Å²) < 4.78 is 1.24. The normalized spacial score (nSPS) is 18.5. The van der Waals surface area contributed by atoms with Crippen molar-refractivity contribution in [1.82, 2.24) is 15.2 Å². The van der Waals surface area contributed by atoms with E-state index in [1.54, 1.807) is 22.7 Å². The number of fused-ring (bicyclic) bond motifs is 1. The minimum Gasteiger partial charge on any atom is -0.345 e. The number of hydrogen-bond donors (Lipinski definition) is 2. The van der Waals surface area contributed by atoms with Gasteiger partial charge >= 0.3 is 0 Å². The van der Waals surface area contributed by atoms with Gasteiger partial charge in [0.15, 0.2) is 5.13 Å². The van der Waals surface area contributed by atoms with Crippen LogP contribution in [-0.4, -0.2) is 54.1 Å². The number of nitrogens with two attached hydrogens (primary N) is 1. The van der Waals surface area contributed by atoms with E-state index in [4.69, 9.17) is 10.7 Å². The summed E-state index contributed by atoms with van der Waals surface area (Å²) in [5, 5.41) is 6.78. The fourth-order valence-electron chi connectivity index (χ4n) is 4.68. The van der Waals surface area contributed by atoms with E-state index in [0.29, 0.717) is 25.6 Å². The predicted molar refractivity (Wildman–Crippen MR) is 134 cm³/mol. The Hall–Kier alpha value is -2.00. The second-order valence-corrected chi connectivity index (χ2v) is 10.9. The molecular weight excluding hydrogens is 438 g/mol. The minimum absolute atomic E-state index is 0.0572. The Balaban J connectivity index is 1.16. The van der Waals surface area contributed by atoms with Crippen LogP contribution in [0.5, 0.6) is 0 Å². The molecule has 3 aromatic rings. The Labute approximate surface area is 197 Å². The summed E-state index contributed by atoms with van der Waals surface area (Å²) >= 11 is 3.41. The first-order valence-electron chi connectivity index (χ1n) is 11.6. The quantitative estimate of drug-likeness (QED) is 0.553. The molecule has 1 amide bonds. The number of nitrogens with one attached hydrogen (secondary N) is 1. The molecule has 1 aliphatic heterocycles. The lowest BCUT2D eigenvalue weighted by Gasteiger charge is -2.35. The van der Waals surface area contributed by atoms with Crippen molar-refractivity contribution in [2.45, 2.75) is 50.7 Å². The van der Waals surface area contributed by atoms with Crippen LogP contribution in [0.4, 0.5) is 5.13 Å². The molecular formula is C24H31N5OS2. The molecule has 32 heavy (non-hydrogen) atoms. The van der Waals surface area contributed by atoms with Crippen LogP contribution in [0.2, 0.25) is 0 Å². The molecule has 0 bridgehead atoms. The molecule has 0 radical (unpaired) electrons. The molecule has 2 fully saturated rings. The summed E-state index contributed by atoms with van der Waals surface area (Å²) in [6, 6.07) is 10.9. The third-order valence-corrected chi connectivity index (χ3v) is 8.55. The molecule has 5 rings (SSSR count). The van der Waals surface area contributed by atoms with Crippen LogP contribution in [0.3, 0.4) is 0 Å². The fraction of sp³-hybridized carbons (Fsp3) is 0.500. The van der Waals surface area contributed by atoms with Gasteiger partial charge < -0.3 is 20.9 Å². The van der Waals surface area contributed by atoms with E-state index in [2.05, 4.69) is 28.4 Å². The maximum atomic E-state index is 12.8. The largest absolute Gasteiger partial charge is 0.345 e. The molecule has 0 spiro atoms. The van der Waals surface area contributed by atoms with Crippen molar-refractivity contribution in [2.24, 2.45) is 5.73 Å². The maximum absolute atomic E-state index is 12.8. The number of hydrogen-bond acceptors (Lipinski definition) is 7. The summed E-state index contributed by atoms with van der Waals surface area (Å²) in [7, 11) is 0. The number of thiazole rings is 1. The molecule has 1 aliphatic carbocycles. The van der Waals surface area contributed by atoms with Gasteiger partial charge in [0.2, 0.25) is 5.91 Å². The number of rotatable bonds is 7. The number of piperazine rings is 1. The zero-order valence-corrected chi connectivity index (χ0v) is 20.0. The van der Waals surface area contributed by atoms with Crippen molar-refractivity contribution >= 4 is 43.9 Å². The van der Waals surface area contributed by atoms with Gasteiger partial charge in [-0.25, -0.2) is 4.98 Å². The molecule has 6 nitrogen and oxygen atoms in total. The van der Waals surface area contributed by atoms with Crippen molar-refractivity contribution in [3.8, 4) is 0 Å². The lowest BCUT2D eigenvalue weighted by molar-refractivity contribution is -0.132. The number of aromatic nitrogens is 1. The molecule has 8 heteroatoms. The standard InChI is InChI=1S/C24H31N5OS2/c25-20(15-19-6-3-13-31-19)23(30)28-9-11-29(12-10-28)24-27-21-8-7-17(14-22(21)32-24)16-26-18-4-1-2-5-18/h3,6-8,13-14,18,20,26H,1-2,4-5,9-12,15-16,25H2/t20-/m0/s1. The van der Waals surface area contributed by atoms with Crippen LogP contribution in [0.15, 0.2) is 35.7 Å². The Morgan fingerprint density at radius 1 is 1.19 bits per heavy atom. The lowest BCUT2D eigenvalue weighted by atomic mass is 10.1. The van der Waals surface area contributed by atoms with Crippen LogP contribution in [0.25, 0.3) is 10.2 Å². The zero-order chi connectivity index (χ0) is 21.9. The van der Waals surface area contributed by atoms with Crippen molar-refractivity contribution in [3.63, 3.8) is 0 Å². The van der Waals surface area contributed by atoms with Crippen LogP contribution < -0.4 is 16.0 Å². The van der Waals surface area contributed by atoms with Gasteiger partial charge in [-0.3, -0.25) is 4.79 Å². The monoisotopic (exact) mass is 469 g/mol. The highest BCUT2D eigenvalue weighted by Gasteiger charge is 2.27. The van der Waals surface area contributed by atoms with Gasteiger partial charge in [-0.2, -0.15) is 0 Å². The number of thiophene rings is 1. The molecule has 170 valence electrons. The highest BCUT2D eigenvalue weighted by molar-refractivity contribution is 7.22. The Morgan fingerprint density at radius 3 is 2.75 bits per heavy atom. The number of anilines is 1. The summed E-state index contributed by atoms with van der Waals surface area (Å²) in [5.74, 6) is 0.0572. The SMILES string of the molecule is N[C@@H](Cc1cccs1)C(=O)N1CCN(c2nc3ccc(CNC4CCCC4)cc3s2)CC1. The van der Waals surface area contributed by atoms with E-state index in [1.165, 1.54) is 35.9 Å². The van der Waals surface area contributed by atoms with Gasteiger partial charge in [0.1, 0.15) is 0 Å². The third-order valence-electron chi connectivity index (χ3n) is 6.57. The number of benzene rings is 1. The molecule has 1 saturated heterocycles. The van der Waals surface area contributed by atoms with Crippen molar-refractivity contribution < 1.29 is 4.79 Å². The van der Waals surface area contributed by atoms with Crippen LogP contribution in [-0.2, 0) is 17.8 Å². The molecule has 3 heterocycles. The van der Waals surface area contributed by atoms with Gasteiger partial charge in [0.25, 0.3) is 0 Å². The van der Waals surface area contributed by atoms with E-state index < -0.39 is 6.04 Å². The molecule has 1 saturated carbocycles. The number of carbonyl (C=O) groups is 1. The first-order valence-corrected chi connectivity index (χ1v) is 13.3. The van der Waals surface area contributed by atoms with E-state index in [0.717, 1.165) is 35.2 Å². The Morgan fingerprint density at radius 2 is 2.00 bits per heavy atom. The van der Waals surface area contributed by atoms with Crippen LogP contribution in [0, 0.1) is 0 Å². The van der Waals surface area contributed by atoms with E-state index in [9.17, 15) is 4.79 Å². The third kappa shape index (κ3) is 4.98. The van der Waals surface area contributed by atoms with E-state index >= 15 is 0 Å². The second-order valence-electron chi connectivity index (χ2n) is 8.86. The second kappa shape index (κ2) is 9.87. The number of nitrogens with zero attached hydrogens (tertiary/aromatic N) is 3. The lowest BCUT2D eigenvalue weighted by Crippen LogP contribution is -2.53. The molecule has 3 N–H and O–H groups in total. The summed E-state index contributed by atoms with van der Waals surface area (Å²) in [6.45, 7) is 3.92. The van der Waals surface area contributed by atoms with Crippen molar-refractivity contribution in [1.29, 1.82) is 0 Å². The number of amides is 1. The van der Waals surface area contributed by atoms with Crippen LogP contribution in [0.1, 0.15) is 36.1 Å². The van der Waals surface area contributed by atoms with Crippen molar-refractivity contribution in [3.05, 3.63) is 46.2 Å². The minimum atomic E-state index is -0.459. The molecule has 1 atom stereocenters.